The van der Waals surface area contributed by atoms with E-state index in [0.29, 0.717) is 0 Å². The molecule has 1 aromatic carbocycles. The molecule has 1 N–H and O–H groups in total. The topological polar surface area (TPSA) is 52.0 Å². The van der Waals surface area contributed by atoms with Gasteiger partial charge in [0.1, 0.15) is 0 Å². The standard InChI is InChI=1S/C14H19FN4O/c1-4-7-19-12(9-17-18-19)14(16-2)10-5-6-11(15)13(8-10)20-3/h5-6,8-9,14,16H,4,7H2,1-3H3. The van der Waals surface area contributed by atoms with Crippen LogP contribution in [0.3, 0.4) is 0 Å². The van der Waals surface area contributed by atoms with Crippen molar-refractivity contribution in [1.82, 2.24) is 20.3 Å². The van der Waals surface area contributed by atoms with Gasteiger partial charge in [0.15, 0.2) is 11.6 Å². The van der Waals surface area contributed by atoms with E-state index >= 15 is 0 Å². The highest BCUT2D eigenvalue weighted by atomic mass is 19.1. The smallest absolute Gasteiger partial charge is 0.165 e. The Morgan fingerprint density at radius 2 is 2.25 bits per heavy atom. The predicted molar refractivity (Wildman–Crippen MR) is 74.2 cm³/mol. The summed E-state index contributed by atoms with van der Waals surface area (Å²) >= 11 is 0. The third-order valence-corrected chi connectivity index (χ3v) is 3.18. The lowest BCUT2D eigenvalue weighted by molar-refractivity contribution is 0.385. The fourth-order valence-corrected chi connectivity index (χ4v) is 2.22. The summed E-state index contributed by atoms with van der Waals surface area (Å²) < 4.78 is 20.4. The molecule has 0 aliphatic heterocycles. The van der Waals surface area contributed by atoms with Crippen LogP contribution in [0.2, 0.25) is 0 Å². The zero-order chi connectivity index (χ0) is 14.5. The minimum atomic E-state index is -0.369. The summed E-state index contributed by atoms with van der Waals surface area (Å²) in [6.45, 7) is 2.88. The molecule has 5 nitrogen and oxygen atoms in total. The van der Waals surface area contributed by atoms with Crippen molar-refractivity contribution in [2.24, 2.45) is 0 Å². The van der Waals surface area contributed by atoms with Gasteiger partial charge in [0, 0.05) is 6.54 Å². The molecular formula is C14H19FN4O. The first-order valence-corrected chi connectivity index (χ1v) is 6.60. The molecule has 0 aliphatic carbocycles. The minimum Gasteiger partial charge on any atom is -0.494 e. The number of aryl methyl sites for hydroxylation is 1. The van der Waals surface area contributed by atoms with Crippen molar-refractivity contribution in [2.75, 3.05) is 14.2 Å². The van der Waals surface area contributed by atoms with E-state index in [1.807, 2.05) is 11.7 Å². The van der Waals surface area contributed by atoms with Crippen LogP contribution in [0.4, 0.5) is 4.39 Å². The maximum Gasteiger partial charge on any atom is 0.165 e. The molecular weight excluding hydrogens is 259 g/mol. The highest BCUT2D eigenvalue weighted by molar-refractivity contribution is 5.35. The number of nitrogens with zero attached hydrogens (tertiary/aromatic N) is 3. The molecule has 0 saturated heterocycles. The van der Waals surface area contributed by atoms with E-state index < -0.39 is 0 Å². The Kier molecular flexibility index (Phi) is 4.68. The maximum atomic E-state index is 13.5. The highest BCUT2D eigenvalue weighted by Crippen LogP contribution is 2.26. The van der Waals surface area contributed by atoms with Gasteiger partial charge in [-0.1, -0.05) is 18.2 Å². The number of hydrogen-bond donors (Lipinski definition) is 1. The molecule has 20 heavy (non-hydrogen) atoms. The van der Waals surface area contributed by atoms with Crippen molar-refractivity contribution in [2.45, 2.75) is 25.9 Å². The van der Waals surface area contributed by atoms with E-state index in [2.05, 4.69) is 22.6 Å². The third kappa shape index (κ3) is 2.80. The Morgan fingerprint density at radius 1 is 1.45 bits per heavy atom. The van der Waals surface area contributed by atoms with Crippen molar-refractivity contribution in [3.05, 3.63) is 41.5 Å². The quantitative estimate of drug-likeness (QED) is 0.879. The van der Waals surface area contributed by atoms with Crippen LogP contribution < -0.4 is 10.1 Å². The summed E-state index contributed by atoms with van der Waals surface area (Å²) in [5.74, 6) is -0.136. The van der Waals surface area contributed by atoms with Gasteiger partial charge in [0.25, 0.3) is 0 Å². The second kappa shape index (κ2) is 6.47. The second-order valence-corrected chi connectivity index (χ2v) is 4.50. The fourth-order valence-electron chi connectivity index (χ4n) is 2.22. The Balaban J connectivity index is 2.39. The number of hydrogen-bond acceptors (Lipinski definition) is 4. The maximum absolute atomic E-state index is 13.5. The number of nitrogens with one attached hydrogen (secondary N) is 1. The van der Waals surface area contributed by atoms with Crippen molar-refractivity contribution < 1.29 is 9.13 Å². The van der Waals surface area contributed by atoms with Gasteiger partial charge in [0.05, 0.1) is 25.0 Å². The molecule has 0 saturated carbocycles. The van der Waals surface area contributed by atoms with E-state index in [0.717, 1.165) is 24.2 Å². The Bertz CT molecular complexity index is 570. The van der Waals surface area contributed by atoms with Gasteiger partial charge >= 0.3 is 0 Å². The summed E-state index contributed by atoms with van der Waals surface area (Å²) in [6, 6.07) is 4.74. The molecule has 0 fully saturated rings. The van der Waals surface area contributed by atoms with E-state index in [4.69, 9.17) is 4.74 Å². The summed E-state index contributed by atoms with van der Waals surface area (Å²) in [6.07, 6.45) is 2.70. The molecule has 0 amide bonds. The lowest BCUT2D eigenvalue weighted by atomic mass is 10.0. The largest absolute Gasteiger partial charge is 0.494 e. The van der Waals surface area contributed by atoms with Gasteiger partial charge in [-0.05, 0) is 31.2 Å². The predicted octanol–water partition coefficient (Wildman–Crippen LogP) is 2.14. The molecule has 0 aliphatic rings. The number of halogens is 1. The number of benzene rings is 1. The summed E-state index contributed by atoms with van der Waals surface area (Å²) in [5, 5.41) is 11.3. The third-order valence-electron chi connectivity index (χ3n) is 3.18. The molecule has 108 valence electrons. The van der Waals surface area contributed by atoms with Gasteiger partial charge in [-0.15, -0.1) is 5.10 Å². The molecule has 0 spiro atoms. The summed E-state index contributed by atoms with van der Waals surface area (Å²) in [4.78, 5) is 0. The minimum absolute atomic E-state index is 0.106. The fraction of sp³-hybridized carbons (Fsp3) is 0.429. The summed E-state index contributed by atoms with van der Waals surface area (Å²) in [7, 11) is 3.31. The average molecular weight is 278 g/mol. The first kappa shape index (κ1) is 14.5. The lowest BCUT2D eigenvalue weighted by Gasteiger charge is -2.18. The molecule has 1 atom stereocenters. The van der Waals surface area contributed by atoms with Crippen LogP contribution in [-0.4, -0.2) is 29.2 Å². The van der Waals surface area contributed by atoms with Crippen LogP contribution in [0.5, 0.6) is 5.75 Å². The molecule has 0 bridgehead atoms. The van der Waals surface area contributed by atoms with Crippen molar-refractivity contribution >= 4 is 0 Å². The van der Waals surface area contributed by atoms with E-state index in [-0.39, 0.29) is 17.6 Å². The Morgan fingerprint density at radius 3 is 2.90 bits per heavy atom. The molecule has 1 aromatic heterocycles. The normalized spacial score (nSPS) is 12.4. The van der Waals surface area contributed by atoms with Crippen molar-refractivity contribution in [1.29, 1.82) is 0 Å². The van der Waals surface area contributed by atoms with Gasteiger partial charge in [-0.2, -0.15) is 0 Å². The zero-order valence-corrected chi connectivity index (χ0v) is 11.9. The van der Waals surface area contributed by atoms with Gasteiger partial charge in [-0.25, -0.2) is 9.07 Å². The van der Waals surface area contributed by atoms with E-state index in [1.54, 1.807) is 18.3 Å². The van der Waals surface area contributed by atoms with Crippen LogP contribution in [-0.2, 0) is 6.54 Å². The zero-order valence-electron chi connectivity index (χ0n) is 11.9. The summed E-state index contributed by atoms with van der Waals surface area (Å²) in [5.41, 5.74) is 1.86. The SMILES string of the molecule is CCCn1nncc1C(NC)c1ccc(F)c(OC)c1. The van der Waals surface area contributed by atoms with Crippen LogP contribution in [0.1, 0.15) is 30.6 Å². The molecule has 2 aromatic rings. The highest BCUT2D eigenvalue weighted by Gasteiger charge is 2.18. The number of methoxy groups -OCH3 is 1. The van der Waals surface area contributed by atoms with Crippen LogP contribution in [0.15, 0.2) is 24.4 Å². The lowest BCUT2D eigenvalue weighted by Crippen LogP contribution is -2.21. The van der Waals surface area contributed by atoms with Gasteiger partial charge in [-0.3, -0.25) is 0 Å². The molecule has 6 heteroatoms. The van der Waals surface area contributed by atoms with Crippen molar-refractivity contribution in [3.63, 3.8) is 0 Å². The molecule has 2 rings (SSSR count). The van der Waals surface area contributed by atoms with E-state index in [1.165, 1.54) is 13.2 Å². The monoisotopic (exact) mass is 278 g/mol. The van der Waals surface area contributed by atoms with E-state index in [9.17, 15) is 4.39 Å². The first-order chi connectivity index (χ1) is 9.71. The second-order valence-electron chi connectivity index (χ2n) is 4.50. The van der Waals surface area contributed by atoms with Crippen LogP contribution in [0, 0.1) is 5.82 Å². The Hall–Kier alpha value is -1.95. The van der Waals surface area contributed by atoms with Crippen LogP contribution >= 0.6 is 0 Å². The number of rotatable bonds is 6. The number of ether oxygens (including phenoxy) is 1. The molecule has 1 heterocycles. The van der Waals surface area contributed by atoms with Gasteiger partial charge in [0.2, 0.25) is 0 Å². The van der Waals surface area contributed by atoms with Crippen LogP contribution in [0.25, 0.3) is 0 Å². The Labute approximate surface area is 117 Å². The number of aromatic nitrogens is 3. The molecule has 0 radical (unpaired) electrons. The van der Waals surface area contributed by atoms with Crippen molar-refractivity contribution in [3.8, 4) is 5.75 Å². The average Bonchev–Trinajstić information content (AvgIpc) is 2.90. The van der Waals surface area contributed by atoms with Gasteiger partial charge < -0.3 is 10.1 Å². The molecule has 1 unspecified atom stereocenters. The first-order valence-electron chi connectivity index (χ1n) is 6.60.